The third-order valence-corrected chi connectivity index (χ3v) is 6.44. The van der Waals surface area contributed by atoms with Gasteiger partial charge < -0.3 is 9.47 Å². The minimum absolute atomic E-state index is 0.255. The van der Waals surface area contributed by atoms with Crippen molar-refractivity contribution >= 4 is 0 Å². The highest BCUT2D eigenvalue weighted by Crippen LogP contribution is 2.32. The lowest BCUT2D eigenvalue weighted by Crippen LogP contribution is -2.32. The normalized spacial score (nSPS) is 12.7. The molecule has 1 N–H and O–H groups in total. The third-order valence-electron chi connectivity index (χ3n) is 6.44. The number of aromatic nitrogens is 7. The zero-order valence-corrected chi connectivity index (χ0v) is 21.0. The first-order chi connectivity index (χ1) is 17.0. The quantitative estimate of drug-likeness (QED) is 0.307. The molecule has 0 aliphatic carbocycles. The Morgan fingerprint density at radius 1 is 1.00 bits per heavy atom. The predicted octanol–water partition coefficient (Wildman–Crippen LogP) is 4.93. The first kappa shape index (κ1) is 24.7. The smallest absolute Gasteiger partial charge is 0.231 e. The van der Waals surface area contributed by atoms with Crippen LogP contribution in [-0.2, 0) is 21.8 Å². The van der Waals surface area contributed by atoms with Gasteiger partial charge in [-0.2, -0.15) is 5.21 Å². The Morgan fingerprint density at radius 3 is 2.31 bits per heavy atom. The van der Waals surface area contributed by atoms with Gasteiger partial charge in [-0.3, -0.25) is 0 Å². The predicted molar refractivity (Wildman–Crippen MR) is 133 cm³/mol. The molecule has 184 valence electrons. The lowest BCUT2D eigenvalue weighted by atomic mass is 9.98. The van der Waals surface area contributed by atoms with Gasteiger partial charge in [0.1, 0.15) is 5.82 Å². The molecule has 4 aromatic rings. The van der Waals surface area contributed by atoms with Gasteiger partial charge in [-0.1, -0.05) is 75.7 Å². The number of ether oxygens (including phenoxy) is 2. The average Bonchev–Trinajstić information content (AvgIpc) is 3.58. The standard InChI is InChI=1S/C26H33N7O2/c1-6-16-26(34-4,35-5)25-27-24(18(3)7-2)33(30-25)17-19-12-14-20(15-13-19)21-10-8-9-11-22(21)23-28-31-32-29-23/h8-15,18H,6-7,16-17H2,1-5H3,(H,28,29,31,32). The number of aromatic amines is 1. The van der Waals surface area contributed by atoms with Gasteiger partial charge in [-0.15, -0.1) is 15.3 Å². The highest BCUT2D eigenvalue weighted by atomic mass is 16.7. The van der Waals surface area contributed by atoms with E-state index in [1.165, 1.54) is 0 Å². The molecule has 0 bridgehead atoms. The van der Waals surface area contributed by atoms with Crippen LogP contribution in [0, 0.1) is 0 Å². The fourth-order valence-electron chi connectivity index (χ4n) is 4.26. The Kier molecular flexibility index (Phi) is 7.67. The zero-order chi connectivity index (χ0) is 24.8. The van der Waals surface area contributed by atoms with Gasteiger partial charge in [0.15, 0.2) is 0 Å². The maximum absolute atomic E-state index is 5.77. The van der Waals surface area contributed by atoms with Gasteiger partial charge in [0.05, 0.1) is 6.54 Å². The second-order valence-electron chi connectivity index (χ2n) is 8.65. The first-order valence-electron chi connectivity index (χ1n) is 12.0. The summed E-state index contributed by atoms with van der Waals surface area (Å²) in [5, 5.41) is 19.4. The average molecular weight is 476 g/mol. The van der Waals surface area contributed by atoms with Crippen molar-refractivity contribution in [2.75, 3.05) is 14.2 Å². The van der Waals surface area contributed by atoms with E-state index in [0.29, 0.717) is 24.6 Å². The molecule has 35 heavy (non-hydrogen) atoms. The van der Waals surface area contributed by atoms with Crippen molar-refractivity contribution in [3.05, 3.63) is 65.7 Å². The molecule has 9 nitrogen and oxygen atoms in total. The van der Waals surface area contributed by atoms with Gasteiger partial charge in [-0.05, 0) is 28.3 Å². The number of nitrogens with one attached hydrogen (secondary N) is 1. The molecule has 4 rings (SSSR count). The van der Waals surface area contributed by atoms with Crippen LogP contribution < -0.4 is 0 Å². The molecule has 0 saturated heterocycles. The summed E-state index contributed by atoms with van der Waals surface area (Å²) in [6, 6.07) is 16.5. The SMILES string of the molecule is CCCC(OC)(OC)c1nc(C(C)CC)n(Cc2ccc(-c3ccccc3-c3nn[nH]n3)cc2)n1. The summed E-state index contributed by atoms with van der Waals surface area (Å²) in [6.07, 6.45) is 2.53. The Hall–Kier alpha value is -3.43. The van der Waals surface area contributed by atoms with Crippen LogP contribution in [0.5, 0.6) is 0 Å². The number of methoxy groups -OCH3 is 2. The molecule has 2 heterocycles. The Morgan fingerprint density at radius 2 is 1.71 bits per heavy atom. The Balaban J connectivity index is 1.65. The van der Waals surface area contributed by atoms with Gasteiger partial charge in [0.2, 0.25) is 17.4 Å². The van der Waals surface area contributed by atoms with Crippen molar-refractivity contribution < 1.29 is 9.47 Å². The van der Waals surface area contributed by atoms with Crippen LogP contribution in [0.4, 0.5) is 0 Å². The molecule has 0 fully saturated rings. The van der Waals surface area contributed by atoms with Crippen LogP contribution in [0.2, 0.25) is 0 Å². The Bertz CT molecular complexity index is 1210. The van der Waals surface area contributed by atoms with Crippen LogP contribution in [-0.4, -0.2) is 49.6 Å². The highest BCUT2D eigenvalue weighted by molar-refractivity contribution is 5.80. The molecule has 0 saturated carbocycles. The molecule has 1 atom stereocenters. The second-order valence-corrected chi connectivity index (χ2v) is 8.65. The van der Waals surface area contributed by atoms with Gasteiger partial charge in [0.25, 0.3) is 0 Å². The van der Waals surface area contributed by atoms with Gasteiger partial charge >= 0.3 is 0 Å². The van der Waals surface area contributed by atoms with Crippen LogP contribution >= 0.6 is 0 Å². The van der Waals surface area contributed by atoms with Crippen molar-refractivity contribution in [1.29, 1.82) is 0 Å². The molecule has 2 aromatic heterocycles. The lowest BCUT2D eigenvalue weighted by molar-refractivity contribution is -0.225. The summed E-state index contributed by atoms with van der Waals surface area (Å²) in [7, 11) is 3.29. The number of nitrogens with zero attached hydrogens (tertiary/aromatic N) is 6. The maximum atomic E-state index is 5.77. The van der Waals surface area contributed by atoms with Crippen molar-refractivity contribution in [2.45, 2.75) is 58.3 Å². The summed E-state index contributed by atoms with van der Waals surface area (Å²) in [4.78, 5) is 4.89. The van der Waals surface area contributed by atoms with Crippen molar-refractivity contribution in [1.82, 2.24) is 35.4 Å². The van der Waals surface area contributed by atoms with Crippen molar-refractivity contribution in [3.8, 4) is 22.5 Å². The second kappa shape index (κ2) is 10.9. The number of tetrazole rings is 1. The van der Waals surface area contributed by atoms with E-state index < -0.39 is 5.79 Å². The van der Waals surface area contributed by atoms with E-state index in [1.54, 1.807) is 14.2 Å². The lowest BCUT2D eigenvalue weighted by Gasteiger charge is -2.27. The van der Waals surface area contributed by atoms with Crippen LogP contribution in [0.1, 0.15) is 63.2 Å². The zero-order valence-electron chi connectivity index (χ0n) is 21.0. The summed E-state index contributed by atoms with van der Waals surface area (Å²) in [5.74, 6) is 1.40. The Labute approximate surface area is 205 Å². The molecular weight excluding hydrogens is 442 g/mol. The number of rotatable bonds is 11. The number of hydrogen-bond acceptors (Lipinski definition) is 7. The molecule has 1 unspecified atom stereocenters. The first-order valence-corrected chi connectivity index (χ1v) is 12.0. The summed E-state index contributed by atoms with van der Waals surface area (Å²) in [6.45, 7) is 7.03. The van der Waals surface area contributed by atoms with E-state index in [0.717, 1.165) is 40.9 Å². The summed E-state index contributed by atoms with van der Waals surface area (Å²) >= 11 is 0. The van der Waals surface area contributed by atoms with Crippen LogP contribution in [0.3, 0.4) is 0 Å². The number of benzene rings is 2. The van der Waals surface area contributed by atoms with Gasteiger partial charge in [-0.25, -0.2) is 9.67 Å². The van der Waals surface area contributed by atoms with E-state index in [-0.39, 0.29) is 5.92 Å². The largest absolute Gasteiger partial charge is 0.347 e. The summed E-state index contributed by atoms with van der Waals surface area (Å²) < 4.78 is 13.5. The van der Waals surface area contributed by atoms with Crippen LogP contribution in [0.15, 0.2) is 48.5 Å². The molecule has 0 aliphatic heterocycles. The summed E-state index contributed by atoms with van der Waals surface area (Å²) in [5.41, 5.74) is 4.19. The van der Waals surface area contributed by atoms with Crippen molar-refractivity contribution in [2.24, 2.45) is 0 Å². The third kappa shape index (κ3) is 5.01. The molecular formula is C26H33N7O2. The highest BCUT2D eigenvalue weighted by Gasteiger charge is 2.37. The van der Waals surface area contributed by atoms with E-state index in [9.17, 15) is 0 Å². The fourth-order valence-corrected chi connectivity index (χ4v) is 4.26. The van der Waals surface area contributed by atoms with Gasteiger partial charge in [0, 0.05) is 32.1 Å². The topological polar surface area (TPSA) is 104 Å². The number of H-pyrrole nitrogens is 1. The maximum Gasteiger partial charge on any atom is 0.231 e. The molecule has 0 aliphatic rings. The molecule has 9 heteroatoms. The minimum Gasteiger partial charge on any atom is -0.347 e. The van der Waals surface area contributed by atoms with E-state index in [4.69, 9.17) is 19.6 Å². The van der Waals surface area contributed by atoms with Crippen molar-refractivity contribution in [3.63, 3.8) is 0 Å². The molecule has 0 spiro atoms. The molecule has 2 aromatic carbocycles. The minimum atomic E-state index is -0.940. The molecule has 0 radical (unpaired) electrons. The number of hydrogen-bond donors (Lipinski definition) is 1. The van der Waals surface area contributed by atoms with E-state index in [1.807, 2.05) is 22.9 Å². The van der Waals surface area contributed by atoms with E-state index in [2.05, 4.69) is 71.7 Å². The molecule has 0 amide bonds. The monoisotopic (exact) mass is 475 g/mol. The fraction of sp³-hybridized carbons (Fsp3) is 0.423. The van der Waals surface area contributed by atoms with Crippen LogP contribution in [0.25, 0.3) is 22.5 Å². The van der Waals surface area contributed by atoms with E-state index >= 15 is 0 Å².